The first-order valence-corrected chi connectivity index (χ1v) is 8.77. The molecule has 1 heterocycles. The number of hydrogen-bond acceptors (Lipinski definition) is 2. The molecule has 0 aliphatic carbocycles. The Morgan fingerprint density at radius 1 is 0.870 bits per heavy atom. The Balaban J connectivity index is 1.83. The van der Waals surface area contributed by atoms with Crippen molar-refractivity contribution >= 4 is 19.0 Å². The van der Waals surface area contributed by atoms with E-state index in [2.05, 4.69) is 6.07 Å². The van der Waals surface area contributed by atoms with Crippen LogP contribution in [-0.4, -0.2) is 5.52 Å². The van der Waals surface area contributed by atoms with E-state index in [1.165, 1.54) is 0 Å². The molecule has 1 aliphatic rings. The van der Waals surface area contributed by atoms with Crippen LogP contribution in [0.1, 0.15) is 15.9 Å². The van der Waals surface area contributed by atoms with E-state index < -0.39 is 8.15 Å². The van der Waals surface area contributed by atoms with Crippen molar-refractivity contribution in [2.45, 2.75) is 6.92 Å². The van der Waals surface area contributed by atoms with E-state index in [0.29, 0.717) is 5.56 Å². The molecule has 1 aliphatic heterocycles. The molecule has 4 rings (SSSR count). The third kappa shape index (κ3) is 2.46. The molecular weight excluding hydrogens is 303 g/mol. The van der Waals surface area contributed by atoms with Gasteiger partial charge in [-0.3, -0.25) is 4.79 Å². The van der Waals surface area contributed by atoms with Crippen LogP contribution in [0.4, 0.5) is 0 Å². The summed E-state index contributed by atoms with van der Waals surface area (Å²) in [7, 11) is -1.36. The molecule has 0 amide bonds. The summed E-state index contributed by atoms with van der Waals surface area (Å²) in [5.74, 6) is 0.790. The minimum absolute atomic E-state index is 0.0608. The van der Waals surface area contributed by atoms with Crippen LogP contribution >= 0.6 is 8.15 Å². The van der Waals surface area contributed by atoms with Crippen LogP contribution in [0.25, 0.3) is 11.1 Å². The van der Waals surface area contributed by atoms with E-state index >= 15 is 0 Å². The summed E-state index contributed by atoms with van der Waals surface area (Å²) in [5.41, 5.74) is 4.01. The predicted molar refractivity (Wildman–Crippen MR) is 94.6 cm³/mol. The van der Waals surface area contributed by atoms with Gasteiger partial charge in [0.05, 0.1) is 0 Å². The Morgan fingerprint density at radius 2 is 1.61 bits per heavy atom. The number of benzene rings is 3. The smallest absolute Gasteiger partial charge is 0.228 e. The lowest BCUT2D eigenvalue weighted by Gasteiger charge is -2.27. The number of aryl methyl sites for hydroxylation is 1. The number of carbonyl (C=O) groups is 1. The number of hydrogen-bond donors (Lipinski definition) is 0. The zero-order valence-corrected chi connectivity index (χ0v) is 13.6. The maximum Gasteiger partial charge on any atom is 0.228 e. The first kappa shape index (κ1) is 14.2. The molecule has 0 saturated carbocycles. The van der Waals surface area contributed by atoms with Crippen LogP contribution < -0.4 is 9.83 Å². The second-order valence-corrected chi connectivity index (χ2v) is 7.23. The van der Waals surface area contributed by atoms with Crippen LogP contribution in [0.15, 0.2) is 72.8 Å². The molecule has 0 bridgehead atoms. The fourth-order valence-corrected chi connectivity index (χ4v) is 4.61. The van der Waals surface area contributed by atoms with Crippen LogP contribution in [0.3, 0.4) is 0 Å². The Morgan fingerprint density at radius 3 is 2.43 bits per heavy atom. The molecule has 2 nitrogen and oxygen atoms in total. The van der Waals surface area contributed by atoms with Crippen LogP contribution in [0, 0.1) is 6.92 Å². The SMILES string of the molecule is Cc1cccc(C(=O)P2Oc3ccccc3-c3ccccc32)c1. The van der Waals surface area contributed by atoms with E-state index in [4.69, 9.17) is 4.52 Å². The molecule has 0 saturated heterocycles. The minimum Gasteiger partial charge on any atom is -0.460 e. The van der Waals surface area contributed by atoms with Crippen molar-refractivity contribution in [1.29, 1.82) is 0 Å². The monoisotopic (exact) mass is 318 g/mol. The second kappa shape index (κ2) is 5.64. The second-order valence-electron chi connectivity index (χ2n) is 5.57. The third-order valence-electron chi connectivity index (χ3n) is 3.94. The van der Waals surface area contributed by atoms with Gasteiger partial charge in [0.25, 0.3) is 0 Å². The van der Waals surface area contributed by atoms with Gasteiger partial charge in [0, 0.05) is 16.4 Å². The van der Waals surface area contributed by atoms with Gasteiger partial charge < -0.3 is 4.52 Å². The first-order chi connectivity index (χ1) is 11.2. The van der Waals surface area contributed by atoms with E-state index in [1.807, 2.05) is 73.7 Å². The summed E-state index contributed by atoms with van der Waals surface area (Å²) in [4.78, 5) is 13.0. The maximum atomic E-state index is 13.0. The Labute approximate surface area is 136 Å². The number of carbonyl (C=O) groups excluding carboxylic acids is 1. The Hall–Kier alpha value is -2.44. The van der Waals surface area contributed by atoms with Gasteiger partial charge in [0.2, 0.25) is 5.52 Å². The van der Waals surface area contributed by atoms with E-state index in [9.17, 15) is 4.79 Å². The normalized spacial score (nSPS) is 15.3. The highest BCUT2D eigenvalue weighted by Gasteiger charge is 2.32. The molecule has 0 fully saturated rings. The highest BCUT2D eigenvalue weighted by atomic mass is 31.1. The quantitative estimate of drug-likeness (QED) is 0.627. The summed E-state index contributed by atoms with van der Waals surface area (Å²) < 4.78 is 6.13. The zero-order chi connectivity index (χ0) is 15.8. The molecule has 23 heavy (non-hydrogen) atoms. The fourth-order valence-electron chi connectivity index (χ4n) is 2.84. The minimum atomic E-state index is -1.36. The molecule has 0 radical (unpaired) electrons. The zero-order valence-electron chi connectivity index (χ0n) is 12.7. The van der Waals surface area contributed by atoms with Crippen molar-refractivity contribution < 1.29 is 9.32 Å². The predicted octanol–water partition coefficient (Wildman–Crippen LogP) is 4.92. The summed E-state index contributed by atoms with van der Waals surface area (Å²) in [6, 6.07) is 23.7. The fraction of sp³-hybridized carbons (Fsp3) is 0.0500. The van der Waals surface area contributed by atoms with E-state index in [-0.39, 0.29) is 5.52 Å². The Kier molecular flexibility index (Phi) is 3.48. The lowest BCUT2D eigenvalue weighted by atomic mass is 10.0. The largest absolute Gasteiger partial charge is 0.460 e. The summed E-state index contributed by atoms with van der Waals surface area (Å²) in [6.45, 7) is 2.00. The highest BCUT2D eigenvalue weighted by molar-refractivity contribution is 7.78. The molecule has 1 unspecified atom stereocenters. The lowest BCUT2D eigenvalue weighted by molar-refractivity contribution is 0.107. The first-order valence-electron chi connectivity index (χ1n) is 7.51. The number of para-hydroxylation sites is 1. The van der Waals surface area contributed by atoms with Gasteiger partial charge in [-0.2, -0.15) is 0 Å². The highest BCUT2D eigenvalue weighted by Crippen LogP contribution is 2.50. The molecule has 3 heteroatoms. The van der Waals surface area contributed by atoms with Crippen molar-refractivity contribution in [3.05, 3.63) is 83.9 Å². The number of fused-ring (bicyclic) bond motifs is 3. The van der Waals surface area contributed by atoms with Gasteiger partial charge in [-0.25, -0.2) is 0 Å². The van der Waals surface area contributed by atoms with Gasteiger partial charge in [-0.05, 0) is 24.6 Å². The average molecular weight is 318 g/mol. The summed E-state index contributed by atoms with van der Waals surface area (Å²) in [5, 5.41) is 0.993. The standard InChI is InChI=1S/C20H15O2P/c1-14-7-6-8-15(13-14)20(21)23-19-12-5-3-10-17(19)16-9-2-4-11-18(16)22-23/h2-13H,1H3. The third-order valence-corrected chi connectivity index (χ3v) is 5.77. The molecule has 0 N–H and O–H groups in total. The van der Waals surface area contributed by atoms with Crippen LogP contribution in [0.5, 0.6) is 5.75 Å². The van der Waals surface area contributed by atoms with Crippen LogP contribution in [-0.2, 0) is 0 Å². The van der Waals surface area contributed by atoms with Gasteiger partial charge in [0.1, 0.15) is 5.75 Å². The lowest BCUT2D eigenvalue weighted by Crippen LogP contribution is -2.19. The summed E-state index contributed by atoms with van der Waals surface area (Å²) in [6.07, 6.45) is 0. The molecule has 3 aromatic rings. The van der Waals surface area contributed by atoms with Crippen molar-refractivity contribution in [3.8, 4) is 16.9 Å². The topological polar surface area (TPSA) is 26.3 Å². The Bertz CT molecular complexity index is 901. The van der Waals surface area contributed by atoms with Crippen molar-refractivity contribution in [3.63, 3.8) is 0 Å². The van der Waals surface area contributed by atoms with Crippen molar-refractivity contribution in [2.24, 2.45) is 0 Å². The summed E-state index contributed by atoms with van der Waals surface area (Å²) >= 11 is 0. The number of rotatable bonds is 2. The molecule has 112 valence electrons. The van der Waals surface area contributed by atoms with Crippen molar-refractivity contribution in [2.75, 3.05) is 0 Å². The maximum absolute atomic E-state index is 13.0. The van der Waals surface area contributed by atoms with E-state index in [0.717, 1.165) is 27.7 Å². The van der Waals surface area contributed by atoms with E-state index in [1.54, 1.807) is 0 Å². The van der Waals surface area contributed by atoms with Crippen molar-refractivity contribution in [1.82, 2.24) is 0 Å². The molecule has 1 atom stereocenters. The van der Waals surface area contributed by atoms with Gasteiger partial charge in [-0.1, -0.05) is 66.2 Å². The average Bonchev–Trinajstić information content (AvgIpc) is 2.60. The van der Waals surface area contributed by atoms with Crippen LogP contribution in [0.2, 0.25) is 0 Å². The van der Waals surface area contributed by atoms with Gasteiger partial charge in [-0.15, -0.1) is 0 Å². The van der Waals surface area contributed by atoms with Gasteiger partial charge in [0.15, 0.2) is 8.15 Å². The molecule has 3 aromatic carbocycles. The molecule has 0 aromatic heterocycles. The molecule has 0 spiro atoms. The molecular formula is C20H15O2P. The van der Waals surface area contributed by atoms with Gasteiger partial charge >= 0.3 is 0 Å².